The lowest BCUT2D eigenvalue weighted by Crippen LogP contribution is -2.70. The Labute approximate surface area is 98.2 Å². The van der Waals surface area contributed by atoms with Crippen LogP contribution in [0.3, 0.4) is 0 Å². The molecule has 1 amide bonds. The number of alkyl halides is 6. The first-order valence-electron chi connectivity index (χ1n) is 5.15. The van der Waals surface area contributed by atoms with Gasteiger partial charge in [-0.2, -0.15) is 26.3 Å². The van der Waals surface area contributed by atoms with E-state index in [1.54, 1.807) is 0 Å². The Bertz CT molecular complexity index is 396. The van der Waals surface area contributed by atoms with Crippen LogP contribution in [0.1, 0.15) is 13.3 Å². The molecule has 1 saturated heterocycles. The molecule has 0 aromatic heterocycles. The molecule has 1 aliphatic carbocycles. The summed E-state index contributed by atoms with van der Waals surface area (Å²) in [6.07, 6.45) is -9.31. The molecule has 0 N–H and O–H groups in total. The second kappa shape index (κ2) is 3.42. The Morgan fingerprint density at radius 2 is 1.67 bits per heavy atom. The lowest BCUT2D eigenvalue weighted by molar-refractivity contribution is -0.338. The van der Waals surface area contributed by atoms with Crippen LogP contribution in [0.5, 0.6) is 0 Å². The van der Waals surface area contributed by atoms with Crippen molar-refractivity contribution in [2.75, 3.05) is 0 Å². The summed E-state index contributed by atoms with van der Waals surface area (Å²) in [7, 11) is 0. The summed E-state index contributed by atoms with van der Waals surface area (Å²) < 4.78 is 78.2. The highest BCUT2D eigenvalue weighted by Crippen LogP contribution is 2.60. The number of rotatable bonds is 0. The standard InChI is InChI=1S/C10H9F6NO/c1-5(18)17-7-3-2-6(4-7)8(17,9(11,12)13)10(14,15)16/h2-3,6-7H,4H2,1H3. The number of hydrogen-bond donors (Lipinski definition) is 0. The van der Waals surface area contributed by atoms with E-state index in [0.29, 0.717) is 0 Å². The maximum atomic E-state index is 13.0. The highest BCUT2D eigenvalue weighted by molar-refractivity contribution is 5.76. The van der Waals surface area contributed by atoms with Gasteiger partial charge in [-0.05, 0) is 6.42 Å². The molecule has 18 heavy (non-hydrogen) atoms. The summed E-state index contributed by atoms with van der Waals surface area (Å²) in [5.74, 6) is -2.98. The zero-order valence-corrected chi connectivity index (χ0v) is 9.14. The predicted molar refractivity (Wildman–Crippen MR) is 48.4 cm³/mol. The van der Waals surface area contributed by atoms with Crippen LogP contribution in [0, 0.1) is 5.92 Å². The summed E-state index contributed by atoms with van der Waals surface area (Å²) in [5, 5.41) is 0. The van der Waals surface area contributed by atoms with E-state index < -0.39 is 35.8 Å². The van der Waals surface area contributed by atoms with E-state index in [1.165, 1.54) is 6.08 Å². The van der Waals surface area contributed by atoms with Crippen molar-refractivity contribution in [3.8, 4) is 0 Å². The summed E-state index contributed by atoms with van der Waals surface area (Å²) >= 11 is 0. The molecule has 1 aliphatic heterocycles. The summed E-state index contributed by atoms with van der Waals surface area (Å²) in [6, 6.07) is -1.13. The van der Waals surface area contributed by atoms with Gasteiger partial charge in [-0.1, -0.05) is 12.2 Å². The van der Waals surface area contributed by atoms with Gasteiger partial charge in [0.05, 0.1) is 6.04 Å². The Balaban J connectivity index is 2.66. The van der Waals surface area contributed by atoms with Crippen LogP contribution in [-0.2, 0) is 4.79 Å². The van der Waals surface area contributed by atoms with Crippen molar-refractivity contribution in [1.29, 1.82) is 0 Å². The molecular weight excluding hydrogens is 264 g/mol. The van der Waals surface area contributed by atoms with E-state index in [4.69, 9.17) is 0 Å². The molecule has 0 saturated carbocycles. The van der Waals surface area contributed by atoms with Gasteiger partial charge in [0.25, 0.3) is 0 Å². The normalized spacial score (nSPS) is 30.1. The Morgan fingerprint density at radius 3 is 2.00 bits per heavy atom. The second-order valence-corrected chi connectivity index (χ2v) is 4.45. The smallest absolute Gasteiger partial charge is 0.314 e. The molecule has 2 rings (SSSR count). The number of hydrogen-bond acceptors (Lipinski definition) is 1. The zero-order valence-electron chi connectivity index (χ0n) is 9.14. The van der Waals surface area contributed by atoms with Gasteiger partial charge >= 0.3 is 12.4 Å². The number of carbonyl (C=O) groups is 1. The van der Waals surface area contributed by atoms with E-state index in [9.17, 15) is 31.1 Å². The Morgan fingerprint density at radius 1 is 1.17 bits per heavy atom. The maximum Gasteiger partial charge on any atom is 0.421 e. The molecule has 1 heterocycles. The number of carbonyl (C=O) groups excluding carboxylic acids is 1. The van der Waals surface area contributed by atoms with Crippen molar-refractivity contribution in [3.05, 3.63) is 12.2 Å². The van der Waals surface area contributed by atoms with Crippen molar-refractivity contribution < 1.29 is 31.1 Å². The van der Waals surface area contributed by atoms with E-state index in [-0.39, 0.29) is 11.3 Å². The van der Waals surface area contributed by atoms with Gasteiger partial charge in [-0.25, -0.2) is 0 Å². The third kappa shape index (κ3) is 1.34. The highest BCUT2D eigenvalue weighted by Gasteiger charge is 2.81. The number of likely N-dealkylation sites (tertiary alicyclic amines) is 1. The van der Waals surface area contributed by atoms with Crippen molar-refractivity contribution in [2.45, 2.75) is 37.3 Å². The first-order chi connectivity index (χ1) is 8.03. The molecule has 0 radical (unpaired) electrons. The molecule has 0 aromatic carbocycles. The zero-order chi connectivity index (χ0) is 13.9. The lowest BCUT2D eigenvalue weighted by Gasteiger charge is -2.45. The largest absolute Gasteiger partial charge is 0.421 e. The molecule has 8 heteroatoms. The van der Waals surface area contributed by atoms with Gasteiger partial charge in [-0.15, -0.1) is 0 Å². The monoisotopic (exact) mass is 273 g/mol. The fourth-order valence-electron chi connectivity index (χ4n) is 2.96. The van der Waals surface area contributed by atoms with Gasteiger partial charge in [0.15, 0.2) is 0 Å². The molecule has 0 aromatic rings. The van der Waals surface area contributed by atoms with Gasteiger partial charge < -0.3 is 4.90 Å². The van der Waals surface area contributed by atoms with Crippen LogP contribution in [0.25, 0.3) is 0 Å². The quantitative estimate of drug-likeness (QED) is 0.491. The number of halogens is 6. The van der Waals surface area contributed by atoms with Gasteiger partial charge in [0.1, 0.15) is 0 Å². The topological polar surface area (TPSA) is 20.3 Å². The van der Waals surface area contributed by atoms with Crippen LogP contribution in [0.15, 0.2) is 12.2 Å². The predicted octanol–water partition coefficient (Wildman–Crippen LogP) is 2.66. The van der Waals surface area contributed by atoms with E-state index in [2.05, 4.69) is 0 Å². The molecule has 102 valence electrons. The van der Waals surface area contributed by atoms with E-state index in [0.717, 1.165) is 13.0 Å². The third-order valence-corrected chi connectivity index (χ3v) is 3.51. The molecule has 2 unspecified atom stereocenters. The minimum Gasteiger partial charge on any atom is -0.314 e. The van der Waals surface area contributed by atoms with E-state index >= 15 is 0 Å². The fourth-order valence-corrected chi connectivity index (χ4v) is 2.96. The summed E-state index contributed by atoms with van der Waals surface area (Å²) in [4.78, 5) is 11.2. The van der Waals surface area contributed by atoms with Crippen LogP contribution in [-0.4, -0.2) is 34.7 Å². The lowest BCUT2D eigenvalue weighted by atomic mass is 9.83. The molecule has 2 aliphatic rings. The van der Waals surface area contributed by atoms with Crippen LogP contribution < -0.4 is 0 Å². The Kier molecular flexibility index (Phi) is 2.51. The van der Waals surface area contributed by atoms with Crippen molar-refractivity contribution >= 4 is 5.91 Å². The molecule has 1 fully saturated rings. The Hall–Kier alpha value is -1.21. The molecule has 0 spiro atoms. The van der Waals surface area contributed by atoms with Crippen LogP contribution in [0.4, 0.5) is 26.3 Å². The number of nitrogens with zero attached hydrogens (tertiary/aromatic N) is 1. The van der Waals surface area contributed by atoms with Gasteiger partial charge in [-0.3, -0.25) is 4.79 Å². The number of amides is 1. The highest BCUT2D eigenvalue weighted by atomic mass is 19.4. The minimum absolute atomic E-state index is 0.0718. The third-order valence-electron chi connectivity index (χ3n) is 3.51. The number of fused-ring (bicyclic) bond motifs is 2. The molecule has 2 nitrogen and oxygen atoms in total. The summed E-state index contributed by atoms with van der Waals surface area (Å²) in [5.41, 5.74) is -4.08. The van der Waals surface area contributed by atoms with Crippen molar-refractivity contribution in [2.24, 2.45) is 5.92 Å². The maximum absolute atomic E-state index is 13.0. The SMILES string of the molecule is CC(=O)N1C2C=CC(C2)C1(C(F)(F)F)C(F)(F)F. The second-order valence-electron chi connectivity index (χ2n) is 4.45. The van der Waals surface area contributed by atoms with Gasteiger partial charge in [0, 0.05) is 12.8 Å². The first-order valence-corrected chi connectivity index (χ1v) is 5.15. The molecule has 2 atom stereocenters. The average molecular weight is 273 g/mol. The van der Waals surface area contributed by atoms with E-state index in [1.807, 2.05) is 0 Å². The molecular formula is C10H9F6NO. The van der Waals surface area contributed by atoms with Crippen LogP contribution in [0.2, 0.25) is 0 Å². The van der Waals surface area contributed by atoms with Crippen molar-refractivity contribution in [1.82, 2.24) is 4.90 Å². The average Bonchev–Trinajstić information content (AvgIpc) is 2.70. The first kappa shape index (κ1) is 13.2. The molecule has 2 bridgehead atoms. The van der Waals surface area contributed by atoms with Crippen molar-refractivity contribution in [3.63, 3.8) is 0 Å². The fraction of sp³-hybridized carbons (Fsp3) is 0.700. The van der Waals surface area contributed by atoms with Crippen LogP contribution >= 0.6 is 0 Å². The minimum atomic E-state index is -5.55. The van der Waals surface area contributed by atoms with Gasteiger partial charge in [0.2, 0.25) is 11.4 Å². The summed E-state index contributed by atoms with van der Waals surface area (Å²) in [6.45, 7) is 0.723.